The number of urea groups is 1. The molecule has 0 saturated carbocycles. The van der Waals surface area contributed by atoms with E-state index in [1.807, 2.05) is 54.8 Å². The second kappa shape index (κ2) is 9.99. The molecule has 0 radical (unpaired) electrons. The van der Waals surface area contributed by atoms with E-state index in [0.717, 1.165) is 28.2 Å². The summed E-state index contributed by atoms with van der Waals surface area (Å²) in [6.07, 6.45) is 3.34. The van der Waals surface area contributed by atoms with Crippen LogP contribution in [0.4, 0.5) is 16.4 Å². The van der Waals surface area contributed by atoms with Gasteiger partial charge in [-0.25, -0.2) is 9.78 Å². The molecule has 2 amide bonds. The van der Waals surface area contributed by atoms with Crippen molar-refractivity contribution >= 4 is 29.0 Å². The van der Waals surface area contributed by atoms with E-state index in [-0.39, 0.29) is 5.95 Å². The third kappa shape index (κ3) is 5.45. The van der Waals surface area contributed by atoms with Crippen molar-refractivity contribution in [2.75, 3.05) is 10.6 Å². The first-order chi connectivity index (χ1) is 15.6. The second-order valence-electron chi connectivity index (χ2n) is 7.09. The molecule has 8 nitrogen and oxygen atoms in total. The number of thiazole rings is 1. The summed E-state index contributed by atoms with van der Waals surface area (Å²) >= 11 is 1.62. The molecule has 0 aliphatic rings. The third-order valence-corrected chi connectivity index (χ3v) is 5.56. The molecule has 2 aromatic carbocycles. The first-order valence-electron chi connectivity index (χ1n) is 10.0. The summed E-state index contributed by atoms with van der Waals surface area (Å²) < 4.78 is 0. The van der Waals surface area contributed by atoms with E-state index in [9.17, 15) is 9.59 Å². The van der Waals surface area contributed by atoms with Crippen molar-refractivity contribution in [1.29, 1.82) is 0 Å². The van der Waals surface area contributed by atoms with E-state index >= 15 is 0 Å². The number of aromatic nitrogens is 3. The zero-order valence-electron chi connectivity index (χ0n) is 17.4. The van der Waals surface area contributed by atoms with Crippen LogP contribution in [0, 0.1) is 6.92 Å². The summed E-state index contributed by atoms with van der Waals surface area (Å²) in [5, 5.41) is 11.6. The van der Waals surface area contributed by atoms with Crippen LogP contribution in [0.15, 0.2) is 71.1 Å². The van der Waals surface area contributed by atoms with Crippen LogP contribution in [0.2, 0.25) is 0 Å². The summed E-state index contributed by atoms with van der Waals surface area (Å²) in [5.74, 6) is 0.0767. The zero-order chi connectivity index (χ0) is 22.3. The summed E-state index contributed by atoms with van der Waals surface area (Å²) in [5.41, 5.74) is 3.47. The first kappa shape index (κ1) is 21.4. The highest BCUT2D eigenvalue weighted by molar-refractivity contribution is 7.09. The lowest BCUT2D eigenvalue weighted by atomic mass is 10.1. The van der Waals surface area contributed by atoms with Crippen molar-refractivity contribution in [3.8, 4) is 11.1 Å². The van der Waals surface area contributed by atoms with Gasteiger partial charge in [0.2, 0.25) is 5.95 Å². The molecule has 32 heavy (non-hydrogen) atoms. The summed E-state index contributed by atoms with van der Waals surface area (Å²) in [7, 11) is 0. The van der Waals surface area contributed by atoms with E-state index in [2.05, 4.69) is 30.9 Å². The molecular weight excluding hydrogens is 424 g/mol. The van der Waals surface area contributed by atoms with Crippen LogP contribution in [-0.4, -0.2) is 21.0 Å². The molecule has 0 fully saturated rings. The van der Waals surface area contributed by atoms with Crippen molar-refractivity contribution in [3.63, 3.8) is 0 Å². The predicted octanol–water partition coefficient (Wildman–Crippen LogP) is 4.14. The number of aryl methyl sites for hydroxylation is 1. The van der Waals surface area contributed by atoms with Gasteiger partial charge in [-0.05, 0) is 29.7 Å². The number of anilines is 2. The molecule has 4 N–H and O–H groups in total. The van der Waals surface area contributed by atoms with Gasteiger partial charge in [-0.2, -0.15) is 4.98 Å². The van der Waals surface area contributed by atoms with Gasteiger partial charge in [0.15, 0.2) is 0 Å². The lowest BCUT2D eigenvalue weighted by Crippen LogP contribution is -2.23. The molecule has 0 aliphatic carbocycles. The van der Waals surface area contributed by atoms with Crippen LogP contribution in [0.1, 0.15) is 16.1 Å². The quantitative estimate of drug-likeness (QED) is 0.341. The molecule has 0 atom stereocenters. The fraction of sp³-hybridized carbons (Fsp3) is 0.130. The van der Waals surface area contributed by atoms with E-state index in [1.165, 1.54) is 0 Å². The van der Waals surface area contributed by atoms with Crippen molar-refractivity contribution < 1.29 is 4.79 Å². The molecule has 0 spiro atoms. The Balaban J connectivity index is 1.36. The number of benzene rings is 2. The van der Waals surface area contributed by atoms with Crippen LogP contribution in [0.25, 0.3) is 11.1 Å². The molecule has 2 heterocycles. The highest BCUT2D eigenvalue weighted by atomic mass is 32.1. The molecule has 2 aromatic heterocycles. The number of H-pyrrole nitrogens is 1. The van der Waals surface area contributed by atoms with E-state index in [4.69, 9.17) is 0 Å². The molecule has 0 bridgehead atoms. The van der Waals surface area contributed by atoms with Crippen LogP contribution >= 0.6 is 11.3 Å². The fourth-order valence-electron chi connectivity index (χ4n) is 3.10. The van der Waals surface area contributed by atoms with Crippen LogP contribution < -0.4 is 21.5 Å². The number of aromatic amines is 1. The average Bonchev–Trinajstić information content (AvgIpc) is 3.30. The Bertz CT molecular complexity index is 1250. The number of nitrogens with zero attached hydrogens (tertiary/aromatic N) is 2. The monoisotopic (exact) mass is 446 g/mol. The van der Waals surface area contributed by atoms with Crippen LogP contribution in [0.3, 0.4) is 0 Å². The van der Waals surface area contributed by atoms with Crippen molar-refractivity contribution in [1.82, 2.24) is 20.3 Å². The standard InChI is InChI=1S/C23H22N6O2S/c1-15-4-2-3-5-19(15)27-23(31)29-22-26-13-18(21(30)28-22)17-8-6-16(7-9-17)12-24-14-20-25-10-11-32-20/h2-11,13,24H,12,14H2,1H3,(H3,26,27,28,29,30,31). The lowest BCUT2D eigenvalue weighted by molar-refractivity contribution is 0.262. The maximum absolute atomic E-state index is 12.5. The van der Waals surface area contributed by atoms with Gasteiger partial charge in [0.25, 0.3) is 5.56 Å². The molecule has 0 aliphatic heterocycles. The third-order valence-electron chi connectivity index (χ3n) is 4.78. The summed E-state index contributed by atoms with van der Waals surface area (Å²) in [6.45, 7) is 3.31. The minimum atomic E-state index is -0.482. The zero-order valence-corrected chi connectivity index (χ0v) is 18.2. The minimum absolute atomic E-state index is 0.0767. The second-order valence-corrected chi connectivity index (χ2v) is 8.07. The van der Waals surface area contributed by atoms with Gasteiger partial charge < -0.3 is 15.6 Å². The van der Waals surface area contributed by atoms with Gasteiger partial charge >= 0.3 is 6.03 Å². The van der Waals surface area contributed by atoms with Gasteiger partial charge in [-0.15, -0.1) is 11.3 Å². The first-order valence-corrected chi connectivity index (χ1v) is 10.9. The average molecular weight is 447 g/mol. The Kier molecular flexibility index (Phi) is 6.69. The smallest absolute Gasteiger partial charge is 0.326 e. The Morgan fingerprint density at radius 1 is 1.06 bits per heavy atom. The summed E-state index contributed by atoms with van der Waals surface area (Å²) in [4.78, 5) is 35.8. The Labute approximate surface area is 188 Å². The molecule has 0 unspecified atom stereocenters. The van der Waals surface area contributed by atoms with Gasteiger partial charge in [-0.1, -0.05) is 42.5 Å². The molecule has 0 saturated heterocycles. The van der Waals surface area contributed by atoms with Gasteiger partial charge in [0.1, 0.15) is 5.01 Å². The Hall–Kier alpha value is -3.82. The Morgan fingerprint density at radius 2 is 1.88 bits per heavy atom. The predicted molar refractivity (Wildman–Crippen MR) is 127 cm³/mol. The maximum Gasteiger partial charge on any atom is 0.326 e. The fourth-order valence-corrected chi connectivity index (χ4v) is 3.68. The number of amides is 2. The number of hydrogen-bond acceptors (Lipinski definition) is 6. The lowest BCUT2D eigenvalue weighted by Gasteiger charge is -2.09. The van der Waals surface area contributed by atoms with Crippen molar-refractivity contribution in [3.05, 3.63) is 92.8 Å². The van der Waals surface area contributed by atoms with E-state index in [1.54, 1.807) is 29.8 Å². The topological polar surface area (TPSA) is 112 Å². The number of carbonyl (C=O) groups is 1. The van der Waals surface area contributed by atoms with Crippen molar-refractivity contribution in [2.24, 2.45) is 0 Å². The van der Waals surface area contributed by atoms with Gasteiger partial charge in [0, 0.05) is 36.6 Å². The molecule has 9 heteroatoms. The van der Waals surface area contributed by atoms with Crippen molar-refractivity contribution in [2.45, 2.75) is 20.0 Å². The number of carbonyl (C=O) groups excluding carboxylic acids is 1. The number of para-hydroxylation sites is 1. The van der Waals surface area contributed by atoms with Gasteiger partial charge in [-0.3, -0.25) is 10.1 Å². The van der Waals surface area contributed by atoms with Crippen LogP contribution in [-0.2, 0) is 13.1 Å². The molecular formula is C23H22N6O2S. The number of nitrogens with one attached hydrogen (secondary N) is 4. The number of hydrogen-bond donors (Lipinski definition) is 4. The summed E-state index contributed by atoms with van der Waals surface area (Å²) in [6, 6.07) is 14.6. The van der Waals surface area contributed by atoms with E-state index < -0.39 is 11.6 Å². The molecule has 162 valence electrons. The molecule has 4 rings (SSSR count). The largest absolute Gasteiger partial charge is 0.331 e. The maximum atomic E-state index is 12.5. The number of rotatable bonds is 7. The normalized spacial score (nSPS) is 10.7. The van der Waals surface area contributed by atoms with Crippen LogP contribution in [0.5, 0.6) is 0 Å². The highest BCUT2D eigenvalue weighted by Gasteiger charge is 2.09. The van der Waals surface area contributed by atoms with E-state index in [0.29, 0.717) is 17.8 Å². The minimum Gasteiger partial charge on any atom is -0.331 e. The highest BCUT2D eigenvalue weighted by Crippen LogP contribution is 2.17. The molecule has 4 aromatic rings. The Morgan fingerprint density at radius 3 is 2.59 bits per heavy atom. The SMILES string of the molecule is Cc1ccccc1NC(=O)Nc1nc(=O)c(-c2ccc(CNCc3nccs3)cc2)c[nH]1. The van der Waals surface area contributed by atoms with Gasteiger partial charge in [0.05, 0.1) is 5.56 Å².